The van der Waals surface area contributed by atoms with Gasteiger partial charge >= 0.3 is 5.97 Å². The van der Waals surface area contributed by atoms with Gasteiger partial charge in [-0.1, -0.05) is 32.5 Å². The molecule has 5 nitrogen and oxygen atoms in total. The SMILES string of the molecule is CCc1nnc(SCC(=O)O)n1CCCC(C)C. The van der Waals surface area contributed by atoms with E-state index in [0.717, 1.165) is 36.8 Å². The van der Waals surface area contributed by atoms with E-state index in [4.69, 9.17) is 5.11 Å². The van der Waals surface area contributed by atoms with Crippen LogP contribution in [0.3, 0.4) is 0 Å². The molecular formula is C12H21N3O2S. The van der Waals surface area contributed by atoms with Gasteiger partial charge < -0.3 is 9.67 Å². The van der Waals surface area contributed by atoms with E-state index in [1.807, 2.05) is 6.92 Å². The Morgan fingerprint density at radius 2 is 2.17 bits per heavy atom. The van der Waals surface area contributed by atoms with E-state index >= 15 is 0 Å². The first-order chi connectivity index (χ1) is 8.54. The third kappa shape index (κ3) is 4.68. The monoisotopic (exact) mass is 271 g/mol. The Hall–Kier alpha value is -1.04. The Morgan fingerprint density at radius 1 is 1.44 bits per heavy atom. The average molecular weight is 271 g/mol. The molecule has 102 valence electrons. The number of aliphatic carboxylic acids is 1. The van der Waals surface area contributed by atoms with Crippen LogP contribution in [0.1, 0.15) is 39.4 Å². The van der Waals surface area contributed by atoms with Crippen molar-refractivity contribution in [3.05, 3.63) is 5.82 Å². The number of carboxylic acid groups (broad SMARTS) is 1. The molecule has 0 saturated heterocycles. The van der Waals surface area contributed by atoms with E-state index < -0.39 is 5.97 Å². The van der Waals surface area contributed by atoms with E-state index in [1.165, 1.54) is 11.8 Å². The van der Waals surface area contributed by atoms with E-state index in [9.17, 15) is 4.79 Å². The number of thioether (sulfide) groups is 1. The number of hydrogen-bond acceptors (Lipinski definition) is 4. The quantitative estimate of drug-likeness (QED) is 0.736. The van der Waals surface area contributed by atoms with Gasteiger partial charge in [0.2, 0.25) is 0 Å². The second-order valence-electron chi connectivity index (χ2n) is 4.62. The minimum Gasteiger partial charge on any atom is -0.481 e. The first kappa shape index (κ1) is 15.0. The summed E-state index contributed by atoms with van der Waals surface area (Å²) in [6.07, 6.45) is 3.05. The van der Waals surface area contributed by atoms with Gasteiger partial charge in [0.1, 0.15) is 5.82 Å². The van der Waals surface area contributed by atoms with Gasteiger partial charge in [0.05, 0.1) is 5.75 Å². The summed E-state index contributed by atoms with van der Waals surface area (Å²) in [5, 5.41) is 17.6. The van der Waals surface area contributed by atoms with Gasteiger partial charge in [0, 0.05) is 13.0 Å². The number of carboxylic acids is 1. The largest absolute Gasteiger partial charge is 0.481 e. The lowest BCUT2D eigenvalue weighted by molar-refractivity contribution is -0.133. The third-order valence-electron chi connectivity index (χ3n) is 2.60. The fourth-order valence-corrected chi connectivity index (χ4v) is 2.40. The van der Waals surface area contributed by atoms with Gasteiger partial charge in [0.25, 0.3) is 0 Å². The number of nitrogens with zero attached hydrogens (tertiary/aromatic N) is 3. The number of aromatic nitrogens is 3. The zero-order valence-electron chi connectivity index (χ0n) is 11.2. The van der Waals surface area contributed by atoms with Crippen molar-refractivity contribution < 1.29 is 9.90 Å². The minimum absolute atomic E-state index is 0.0338. The molecule has 0 aromatic carbocycles. The van der Waals surface area contributed by atoms with Crippen molar-refractivity contribution in [2.75, 3.05) is 5.75 Å². The predicted octanol–water partition coefficient (Wildman–Crippen LogP) is 2.45. The Bertz CT molecular complexity index is 391. The van der Waals surface area contributed by atoms with Crippen LogP contribution in [0.2, 0.25) is 0 Å². The molecule has 0 amide bonds. The molecule has 18 heavy (non-hydrogen) atoms. The van der Waals surface area contributed by atoms with E-state index in [-0.39, 0.29) is 5.75 Å². The molecular weight excluding hydrogens is 250 g/mol. The molecule has 0 unspecified atom stereocenters. The van der Waals surface area contributed by atoms with E-state index in [1.54, 1.807) is 0 Å². The van der Waals surface area contributed by atoms with Crippen molar-refractivity contribution >= 4 is 17.7 Å². The summed E-state index contributed by atoms with van der Waals surface area (Å²) in [6, 6.07) is 0. The highest BCUT2D eigenvalue weighted by molar-refractivity contribution is 7.99. The first-order valence-corrected chi connectivity index (χ1v) is 7.29. The third-order valence-corrected chi connectivity index (χ3v) is 3.55. The summed E-state index contributed by atoms with van der Waals surface area (Å²) >= 11 is 1.24. The molecule has 6 heteroatoms. The molecule has 0 saturated carbocycles. The topological polar surface area (TPSA) is 68.0 Å². The Balaban J connectivity index is 2.65. The van der Waals surface area contributed by atoms with Crippen molar-refractivity contribution in [3.8, 4) is 0 Å². The van der Waals surface area contributed by atoms with Crippen LogP contribution in [-0.2, 0) is 17.8 Å². The molecule has 1 aromatic heterocycles. The van der Waals surface area contributed by atoms with Crippen LogP contribution >= 0.6 is 11.8 Å². The Labute approximate surface area is 112 Å². The van der Waals surface area contributed by atoms with Crippen molar-refractivity contribution in [2.45, 2.75) is 51.7 Å². The molecule has 1 heterocycles. The van der Waals surface area contributed by atoms with Gasteiger partial charge in [-0.05, 0) is 18.8 Å². The molecule has 1 rings (SSSR count). The highest BCUT2D eigenvalue weighted by Gasteiger charge is 2.12. The van der Waals surface area contributed by atoms with Crippen molar-refractivity contribution in [2.24, 2.45) is 5.92 Å². The maximum atomic E-state index is 10.6. The average Bonchev–Trinajstić information content (AvgIpc) is 2.68. The van der Waals surface area contributed by atoms with Crippen molar-refractivity contribution in [3.63, 3.8) is 0 Å². The zero-order valence-corrected chi connectivity index (χ0v) is 12.0. The second kappa shape index (κ2) is 7.41. The summed E-state index contributed by atoms with van der Waals surface area (Å²) in [4.78, 5) is 10.6. The number of hydrogen-bond donors (Lipinski definition) is 1. The lowest BCUT2D eigenvalue weighted by Gasteiger charge is -2.09. The summed E-state index contributed by atoms with van der Waals surface area (Å²) < 4.78 is 2.05. The van der Waals surface area contributed by atoms with Gasteiger partial charge in [-0.3, -0.25) is 4.79 Å². The second-order valence-corrected chi connectivity index (χ2v) is 5.56. The number of rotatable bonds is 8. The molecule has 0 bridgehead atoms. The molecule has 0 radical (unpaired) electrons. The molecule has 1 aromatic rings. The smallest absolute Gasteiger partial charge is 0.313 e. The molecule has 0 spiro atoms. The number of carbonyl (C=O) groups is 1. The molecule has 0 aliphatic carbocycles. The maximum absolute atomic E-state index is 10.6. The highest BCUT2D eigenvalue weighted by atomic mass is 32.2. The van der Waals surface area contributed by atoms with Crippen LogP contribution in [0.25, 0.3) is 0 Å². The van der Waals surface area contributed by atoms with Gasteiger partial charge in [-0.25, -0.2) is 0 Å². The van der Waals surface area contributed by atoms with Crippen LogP contribution in [0.4, 0.5) is 0 Å². The molecule has 0 atom stereocenters. The standard InChI is InChI=1S/C12H21N3O2S/c1-4-10-13-14-12(18-8-11(16)17)15(10)7-5-6-9(2)3/h9H,4-8H2,1-3H3,(H,16,17). The molecule has 0 fully saturated rings. The van der Waals surface area contributed by atoms with Crippen LogP contribution in [0.5, 0.6) is 0 Å². The maximum Gasteiger partial charge on any atom is 0.313 e. The fraction of sp³-hybridized carbons (Fsp3) is 0.750. The summed E-state index contributed by atoms with van der Waals surface area (Å²) in [5.74, 6) is 0.828. The minimum atomic E-state index is -0.824. The molecule has 1 N–H and O–H groups in total. The molecule has 0 aliphatic rings. The highest BCUT2D eigenvalue weighted by Crippen LogP contribution is 2.18. The van der Waals surface area contributed by atoms with Crippen LogP contribution < -0.4 is 0 Å². The Morgan fingerprint density at radius 3 is 2.72 bits per heavy atom. The zero-order chi connectivity index (χ0) is 13.5. The lowest BCUT2D eigenvalue weighted by atomic mass is 10.1. The first-order valence-electron chi connectivity index (χ1n) is 6.31. The fourth-order valence-electron chi connectivity index (χ4n) is 1.70. The van der Waals surface area contributed by atoms with Gasteiger partial charge in [-0.2, -0.15) is 0 Å². The number of aryl methyl sites for hydroxylation is 1. The normalized spacial score (nSPS) is 11.1. The summed E-state index contributed by atoms with van der Waals surface area (Å²) in [5.41, 5.74) is 0. The van der Waals surface area contributed by atoms with Crippen LogP contribution in [0, 0.1) is 5.92 Å². The van der Waals surface area contributed by atoms with Crippen LogP contribution in [0.15, 0.2) is 5.16 Å². The predicted molar refractivity (Wildman–Crippen MR) is 71.8 cm³/mol. The van der Waals surface area contributed by atoms with Crippen molar-refractivity contribution in [1.82, 2.24) is 14.8 Å². The van der Waals surface area contributed by atoms with Gasteiger partial charge in [-0.15, -0.1) is 10.2 Å². The van der Waals surface area contributed by atoms with E-state index in [2.05, 4.69) is 28.6 Å². The van der Waals surface area contributed by atoms with Crippen LogP contribution in [-0.4, -0.2) is 31.6 Å². The van der Waals surface area contributed by atoms with Crippen molar-refractivity contribution in [1.29, 1.82) is 0 Å². The summed E-state index contributed by atoms with van der Waals surface area (Å²) in [7, 11) is 0. The van der Waals surface area contributed by atoms with E-state index in [0.29, 0.717) is 5.92 Å². The van der Waals surface area contributed by atoms with Gasteiger partial charge in [0.15, 0.2) is 5.16 Å². The lowest BCUT2D eigenvalue weighted by Crippen LogP contribution is -2.07. The summed E-state index contributed by atoms with van der Waals surface area (Å²) in [6.45, 7) is 7.31. The Kier molecular flexibility index (Phi) is 6.18. The molecule has 0 aliphatic heterocycles.